The molecule has 0 fully saturated rings. The van der Waals surface area contributed by atoms with Crippen LogP contribution in [0, 0.1) is 11.8 Å². The van der Waals surface area contributed by atoms with Crippen LogP contribution in [0.25, 0.3) is 0 Å². The van der Waals surface area contributed by atoms with Gasteiger partial charge in [0.15, 0.2) is 0 Å². The van der Waals surface area contributed by atoms with Crippen LogP contribution in [0.3, 0.4) is 0 Å². The Balaban J connectivity index is 4.51. The van der Waals surface area contributed by atoms with Crippen molar-refractivity contribution in [2.75, 3.05) is 7.05 Å². The lowest BCUT2D eigenvalue weighted by Crippen LogP contribution is -2.51. The summed E-state index contributed by atoms with van der Waals surface area (Å²) in [4.78, 5) is 23.3. The Labute approximate surface area is 110 Å². The molecule has 5 heteroatoms. The van der Waals surface area contributed by atoms with Crippen molar-refractivity contribution in [1.82, 2.24) is 10.6 Å². The average Bonchev–Trinajstić information content (AvgIpc) is 2.23. The van der Waals surface area contributed by atoms with Gasteiger partial charge in [0.25, 0.3) is 0 Å². The number of carbonyl (C=O) groups is 2. The average molecular weight is 257 g/mol. The molecule has 5 nitrogen and oxygen atoms in total. The standard InChI is InChI=1S/C13H27N3O2/c1-8(2)6-10(12(14)17)16-13(18)11(15-5)7-9(3)4/h8-11,15H,6-7H2,1-5H3,(H2,14,17)(H,16,18). The molecule has 2 unspecified atom stereocenters. The highest BCUT2D eigenvalue weighted by atomic mass is 16.2. The zero-order valence-electron chi connectivity index (χ0n) is 12.1. The molecule has 0 spiro atoms. The summed E-state index contributed by atoms with van der Waals surface area (Å²) in [7, 11) is 1.74. The second kappa shape index (κ2) is 8.08. The number of nitrogens with two attached hydrogens (primary N) is 1. The summed E-state index contributed by atoms with van der Waals surface area (Å²) < 4.78 is 0. The molecule has 106 valence electrons. The molecule has 0 aromatic rings. The Hall–Kier alpha value is -1.10. The third-order valence-electron chi connectivity index (χ3n) is 2.74. The highest BCUT2D eigenvalue weighted by Gasteiger charge is 2.24. The van der Waals surface area contributed by atoms with E-state index in [1.165, 1.54) is 0 Å². The van der Waals surface area contributed by atoms with E-state index in [1.54, 1.807) is 7.05 Å². The third kappa shape index (κ3) is 6.59. The summed E-state index contributed by atoms with van der Waals surface area (Å²) in [6, 6.07) is -0.862. The van der Waals surface area contributed by atoms with E-state index in [9.17, 15) is 9.59 Å². The lowest BCUT2D eigenvalue weighted by atomic mass is 10.0. The number of amides is 2. The predicted molar refractivity (Wildman–Crippen MR) is 72.9 cm³/mol. The van der Waals surface area contributed by atoms with E-state index >= 15 is 0 Å². The Bertz CT molecular complexity index is 277. The smallest absolute Gasteiger partial charge is 0.240 e. The van der Waals surface area contributed by atoms with Gasteiger partial charge in [0.2, 0.25) is 11.8 Å². The maximum absolute atomic E-state index is 12.0. The summed E-state index contributed by atoms with van der Waals surface area (Å²) in [5.74, 6) is 0.0818. The van der Waals surface area contributed by atoms with E-state index in [-0.39, 0.29) is 11.9 Å². The molecule has 0 aliphatic carbocycles. The molecule has 0 saturated heterocycles. The monoisotopic (exact) mass is 257 g/mol. The highest BCUT2D eigenvalue weighted by Crippen LogP contribution is 2.07. The number of likely N-dealkylation sites (N-methyl/N-ethyl adjacent to an activating group) is 1. The van der Waals surface area contributed by atoms with Gasteiger partial charge in [0.05, 0.1) is 6.04 Å². The highest BCUT2D eigenvalue weighted by molar-refractivity contribution is 5.88. The van der Waals surface area contributed by atoms with Gasteiger partial charge < -0.3 is 16.4 Å². The maximum atomic E-state index is 12.0. The van der Waals surface area contributed by atoms with Crippen molar-refractivity contribution in [2.24, 2.45) is 17.6 Å². The van der Waals surface area contributed by atoms with Crippen LogP contribution in [0.4, 0.5) is 0 Å². The van der Waals surface area contributed by atoms with Crippen LogP contribution in [0.2, 0.25) is 0 Å². The van der Waals surface area contributed by atoms with Crippen molar-refractivity contribution in [3.63, 3.8) is 0 Å². The van der Waals surface area contributed by atoms with Gasteiger partial charge in [-0.15, -0.1) is 0 Å². The Kier molecular flexibility index (Phi) is 7.59. The molecule has 18 heavy (non-hydrogen) atoms. The fraction of sp³-hybridized carbons (Fsp3) is 0.846. The van der Waals surface area contributed by atoms with E-state index < -0.39 is 11.9 Å². The van der Waals surface area contributed by atoms with E-state index in [4.69, 9.17) is 5.73 Å². The van der Waals surface area contributed by atoms with Crippen LogP contribution in [0.1, 0.15) is 40.5 Å². The number of rotatable bonds is 8. The molecule has 0 radical (unpaired) electrons. The number of carbonyl (C=O) groups excluding carboxylic acids is 2. The lowest BCUT2D eigenvalue weighted by molar-refractivity contribution is -0.129. The summed E-state index contributed by atoms with van der Waals surface area (Å²) in [5.41, 5.74) is 5.30. The second-order valence-corrected chi connectivity index (χ2v) is 5.56. The van der Waals surface area contributed by atoms with Gasteiger partial charge in [-0.05, 0) is 31.7 Å². The molecule has 0 saturated carbocycles. The van der Waals surface area contributed by atoms with Crippen molar-refractivity contribution in [1.29, 1.82) is 0 Å². The molecule has 0 aromatic heterocycles. The van der Waals surface area contributed by atoms with Crippen molar-refractivity contribution >= 4 is 11.8 Å². The van der Waals surface area contributed by atoms with Gasteiger partial charge in [0, 0.05) is 0 Å². The Morgan fingerprint density at radius 2 is 1.44 bits per heavy atom. The van der Waals surface area contributed by atoms with Crippen LogP contribution in [-0.2, 0) is 9.59 Å². The molecular formula is C13H27N3O2. The van der Waals surface area contributed by atoms with E-state index in [2.05, 4.69) is 24.5 Å². The van der Waals surface area contributed by atoms with E-state index in [1.807, 2.05) is 13.8 Å². The quantitative estimate of drug-likeness (QED) is 0.596. The van der Waals surface area contributed by atoms with Crippen LogP contribution < -0.4 is 16.4 Å². The van der Waals surface area contributed by atoms with Gasteiger partial charge >= 0.3 is 0 Å². The SMILES string of the molecule is CNC(CC(C)C)C(=O)NC(CC(C)C)C(N)=O. The van der Waals surface area contributed by atoms with Crippen molar-refractivity contribution in [3.05, 3.63) is 0 Å². The first-order valence-corrected chi connectivity index (χ1v) is 6.54. The second-order valence-electron chi connectivity index (χ2n) is 5.56. The molecule has 4 N–H and O–H groups in total. The first kappa shape index (κ1) is 16.9. The largest absolute Gasteiger partial charge is 0.368 e. The van der Waals surface area contributed by atoms with Crippen LogP contribution in [0.5, 0.6) is 0 Å². The lowest BCUT2D eigenvalue weighted by Gasteiger charge is -2.22. The minimum absolute atomic E-state index is 0.157. The van der Waals surface area contributed by atoms with Crippen LogP contribution in [0.15, 0.2) is 0 Å². The van der Waals surface area contributed by atoms with Crippen molar-refractivity contribution in [3.8, 4) is 0 Å². The minimum Gasteiger partial charge on any atom is -0.368 e. The van der Waals surface area contributed by atoms with E-state index in [0.717, 1.165) is 6.42 Å². The molecule has 0 rings (SSSR count). The van der Waals surface area contributed by atoms with Crippen molar-refractivity contribution in [2.45, 2.75) is 52.6 Å². The summed E-state index contributed by atoms with van der Waals surface area (Å²) >= 11 is 0. The molecule has 2 atom stereocenters. The van der Waals surface area contributed by atoms with Gasteiger partial charge in [-0.25, -0.2) is 0 Å². The first-order chi connectivity index (χ1) is 8.27. The van der Waals surface area contributed by atoms with Crippen LogP contribution >= 0.6 is 0 Å². The Morgan fingerprint density at radius 1 is 1.00 bits per heavy atom. The first-order valence-electron chi connectivity index (χ1n) is 6.54. The fourth-order valence-electron chi connectivity index (χ4n) is 1.82. The summed E-state index contributed by atoms with van der Waals surface area (Å²) in [6.45, 7) is 8.09. The van der Waals surface area contributed by atoms with Gasteiger partial charge in [-0.3, -0.25) is 9.59 Å². The molecule has 0 aliphatic heterocycles. The number of hydrogen-bond donors (Lipinski definition) is 3. The summed E-state index contributed by atoms with van der Waals surface area (Å²) in [5, 5.41) is 5.69. The molecule has 2 amide bonds. The molecule has 0 aliphatic rings. The maximum Gasteiger partial charge on any atom is 0.240 e. The minimum atomic E-state index is -0.583. The summed E-state index contributed by atoms with van der Waals surface area (Å²) in [6.07, 6.45) is 1.30. The normalized spacial score (nSPS) is 14.6. The van der Waals surface area contributed by atoms with Gasteiger partial charge in [0.1, 0.15) is 6.04 Å². The molecule has 0 bridgehead atoms. The molecule has 0 aromatic carbocycles. The third-order valence-corrected chi connectivity index (χ3v) is 2.74. The van der Waals surface area contributed by atoms with Crippen molar-refractivity contribution < 1.29 is 9.59 Å². The molecular weight excluding hydrogens is 230 g/mol. The van der Waals surface area contributed by atoms with Gasteiger partial charge in [-0.1, -0.05) is 27.7 Å². The number of primary amides is 1. The zero-order chi connectivity index (χ0) is 14.3. The predicted octanol–water partition coefficient (Wildman–Crippen LogP) is 0.637. The number of nitrogens with one attached hydrogen (secondary N) is 2. The fourth-order valence-corrected chi connectivity index (χ4v) is 1.82. The van der Waals surface area contributed by atoms with Crippen LogP contribution in [-0.4, -0.2) is 30.9 Å². The zero-order valence-corrected chi connectivity index (χ0v) is 12.1. The van der Waals surface area contributed by atoms with Gasteiger partial charge in [-0.2, -0.15) is 0 Å². The topological polar surface area (TPSA) is 84.2 Å². The van der Waals surface area contributed by atoms with E-state index in [0.29, 0.717) is 18.3 Å². The molecule has 0 heterocycles. The Morgan fingerprint density at radius 3 is 1.78 bits per heavy atom. The number of hydrogen-bond acceptors (Lipinski definition) is 3.